The number of hydrogen-bond acceptors (Lipinski definition) is 4. The Labute approximate surface area is 112 Å². The van der Waals surface area contributed by atoms with E-state index in [9.17, 15) is 0 Å². The summed E-state index contributed by atoms with van der Waals surface area (Å²) >= 11 is 0. The van der Waals surface area contributed by atoms with Crippen molar-refractivity contribution in [3.8, 4) is 11.3 Å². The van der Waals surface area contributed by atoms with Gasteiger partial charge in [-0.15, -0.1) is 0 Å². The summed E-state index contributed by atoms with van der Waals surface area (Å²) in [4.78, 5) is 12.2. The van der Waals surface area contributed by atoms with Gasteiger partial charge in [0.25, 0.3) is 0 Å². The highest BCUT2D eigenvalue weighted by Crippen LogP contribution is 2.20. The second-order valence-corrected chi connectivity index (χ2v) is 4.83. The normalized spacial score (nSPS) is 19.5. The minimum atomic E-state index is 0.348. The largest absolute Gasteiger partial charge is 0.379 e. The molecular weight excluding hydrogens is 240 g/mol. The standard InChI is InChI=1S/C14H18N4O/c1-10-14(11-3-2-4-15-8-11)18-13(17-10)7-12-9-19-6-5-16-12/h2-4,8,12,16H,5-7,9H2,1H3,(H,17,18). The molecule has 2 aromatic heterocycles. The zero-order valence-corrected chi connectivity index (χ0v) is 11.0. The van der Waals surface area contributed by atoms with Crippen LogP contribution in [0.15, 0.2) is 24.5 Å². The van der Waals surface area contributed by atoms with Crippen LogP contribution in [0.25, 0.3) is 11.3 Å². The number of aryl methyl sites for hydroxylation is 1. The molecule has 1 fully saturated rings. The molecule has 0 radical (unpaired) electrons. The molecule has 0 aromatic carbocycles. The number of morpholine rings is 1. The molecule has 1 saturated heterocycles. The second-order valence-electron chi connectivity index (χ2n) is 4.83. The topological polar surface area (TPSA) is 62.8 Å². The van der Waals surface area contributed by atoms with E-state index in [0.717, 1.165) is 49.0 Å². The van der Waals surface area contributed by atoms with E-state index in [-0.39, 0.29) is 0 Å². The van der Waals surface area contributed by atoms with Crippen molar-refractivity contribution in [3.63, 3.8) is 0 Å². The summed E-state index contributed by atoms with van der Waals surface area (Å²) in [7, 11) is 0. The summed E-state index contributed by atoms with van der Waals surface area (Å²) in [6, 6.07) is 4.31. The Morgan fingerprint density at radius 3 is 3.16 bits per heavy atom. The fourth-order valence-electron chi connectivity index (χ4n) is 2.39. The lowest BCUT2D eigenvalue weighted by molar-refractivity contribution is 0.0764. The van der Waals surface area contributed by atoms with Gasteiger partial charge in [0.05, 0.1) is 18.9 Å². The minimum absolute atomic E-state index is 0.348. The number of aromatic nitrogens is 3. The van der Waals surface area contributed by atoms with E-state index in [4.69, 9.17) is 4.74 Å². The summed E-state index contributed by atoms with van der Waals surface area (Å²) in [6.07, 6.45) is 4.48. The lowest BCUT2D eigenvalue weighted by Gasteiger charge is -2.22. The third-order valence-electron chi connectivity index (χ3n) is 3.31. The second kappa shape index (κ2) is 5.50. The van der Waals surface area contributed by atoms with Gasteiger partial charge in [-0.2, -0.15) is 0 Å². The number of H-pyrrole nitrogens is 1. The molecule has 2 N–H and O–H groups in total. The van der Waals surface area contributed by atoms with Crippen LogP contribution in [0.2, 0.25) is 0 Å². The van der Waals surface area contributed by atoms with Crippen molar-refractivity contribution in [3.05, 3.63) is 36.0 Å². The maximum atomic E-state index is 5.46. The number of imidazole rings is 1. The fourth-order valence-corrected chi connectivity index (χ4v) is 2.39. The van der Waals surface area contributed by atoms with Crippen LogP contribution in [-0.2, 0) is 11.2 Å². The monoisotopic (exact) mass is 258 g/mol. The van der Waals surface area contributed by atoms with Crippen LogP contribution in [0.4, 0.5) is 0 Å². The molecule has 3 heterocycles. The highest BCUT2D eigenvalue weighted by molar-refractivity contribution is 5.60. The molecule has 1 unspecified atom stereocenters. The molecule has 2 aromatic rings. The number of pyridine rings is 1. The van der Waals surface area contributed by atoms with Crippen LogP contribution in [-0.4, -0.2) is 40.8 Å². The first-order chi connectivity index (χ1) is 9.33. The SMILES string of the molecule is Cc1[nH]c(CC2COCCN2)nc1-c1cccnc1. The van der Waals surface area contributed by atoms with E-state index in [0.29, 0.717) is 6.04 Å². The first-order valence-corrected chi connectivity index (χ1v) is 6.60. The van der Waals surface area contributed by atoms with Gasteiger partial charge in [-0.1, -0.05) is 0 Å². The molecule has 1 aliphatic rings. The van der Waals surface area contributed by atoms with Gasteiger partial charge >= 0.3 is 0 Å². The quantitative estimate of drug-likeness (QED) is 0.871. The third kappa shape index (κ3) is 2.83. The van der Waals surface area contributed by atoms with Gasteiger partial charge in [-0.3, -0.25) is 4.98 Å². The van der Waals surface area contributed by atoms with E-state index < -0.39 is 0 Å². The summed E-state index contributed by atoms with van der Waals surface area (Å²) in [5, 5.41) is 3.44. The number of nitrogens with one attached hydrogen (secondary N) is 2. The Morgan fingerprint density at radius 2 is 2.42 bits per heavy atom. The Bertz CT molecular complexity index is 532. The van der Waals surface area contributed by atoms with Crippen molar-refractivity contribution >= 4 is 0 Å². The molecule has 0 saturated carbocycles. The Morgan fingerprint density at radius 1 is 1.47 bits per heavy atom. The first kappa shape index (κ1) is 12.3. The highest BCUT2D eigenvalue weighted by atomic mass is 16.5. The zero-order valence-electron chi connectivity index (χ0n) is 11.0. The van der Waals surface area contributed by atoms with Gasteiger partial charge in [0.1, 0.15) is 5.82 Å². The number of nitrogens with zero attached hydrogens (tertiary/aromatic N) is 2. The molecular formula is C14H18N4O. The van der Waals surface area contributed by atoms with Crippen molar-refractivity contribution in [2.75, 3.05) is 19.8 Å². The number of ether oxygens (including phenoxy) is 1. The molecule has 3 rings (SSSR count). The average Bonchev–Trinajstić information content (AvgIpc) is 2.82. The summed E-state index contributed by atoms with van der Waals surface area (Å²) in [5.74, 6) is 0.999. The Hall–Kier alpha value is -1.72. The average molecular weight is 258 g/mol. The van der Waals surface area contributed by atoms with Crippen molar-refractivity contribution in [1.82, 2.24) is 20.3 Å². The fraction of sp³-hybridized carbons (Fsp3) is 0.429. The molecule has 0 aliphatic carbocycles. The van der Waals surface area contributed by atoms with Crippen LogP contribution in [0.3, 0.4) is 0 Å². The molecule has 5 heteroatoms. The predicted molar refractivity (Wildman–Crippen MR) is 72.9 cm³/mol. The smallest absolute Gasteiger partial charge is 0.108 e. The number of hydrogen-bond donors (Lipinski definition) is 2. The number of aromatic amines is 1. The van der Waals surface area contributed by atoms with Crippen LogP contribution >= 0.6 is 0 Å². The number of rotatable bonds is 3. The van der Waals surface area contributed by atoms with E-state index in [2.05, 4.69) is 20.3 Å². The van der Waals surface area contributed by atoms with Crippen molar-refractivity contribution in [2.24, 2.45) is 0 Å². The molecule has 19 heavy (non-hydrogen) atoms. The van der Waals surface area contributed by atoms with Gasteiger partial charge in [-0.25, -0.2) is 4.98 Å². The maximum Gasteiger partial charge on any atom is 0.108 e. The third-order valence-corrected chi connectivity index (χ3v) is 3.31. The van der Waals surface area contributed by atoms with Crippen molar-refractivity contribution < 1.29 is 4.74 Å². The first-order valence-electron chi connectivity index (χ1n) is 6.60. The van der Waals surface area contributed by atoms with Crippen LogP contribution in [0.5, 0.6) is 0 Å². The maximum absolute atomic E-state index is 5.46. The predicted octanol–water partition coefficient (Wildman–Crippen LogP) is 1.31. The summed E-state index contributed by atoms with van der Waals surface area (Å²) in [5.41, 5.74) is 3.12. The van der Waals surface area contributed by atoms with Gasteiger partial charge in [0.15, 0.2) is 0 Å². The molecule has 5 nitrogen and oxygen atoms in total. The van der Waals surface area contributed by atoms with Crippen LogP contribution in [0, 0.1) is 6.92 Å². The van der Waals surface area contributed by atoms with Crippen molar-refractivity contribution in [1.29, 1.82) is 0 Å². The molecule has 0 bridgehead atoms. The molecule has 1 atom stereocenters. The van der Waals surface area contributed by atoms with Crippen LogP contribution in [0.1, 0.15) is 11.5 Å². The van der Waals surface area contributed by atoms with Gasteiger partial charge in [0.2, 0.25) is 0 Å². The van der Waals surface area contributed by atoms with E-state index in [1.165, 1.54) is 0 Å². The Kier molecular flexibility index (Phi) is 3.57. The van der Waals surface area contributed by atoms with Crippen LogP contribution < -0.4 is 5.32 Å². The van der Waals surface area contributed by atoms with Gasteiger partial charge in [-0.05, 0) is 19.1 Å². The lowest BCUT2D eigenvalue weighted by Crippen LogP contribution is -2.42. The van der Waals surface area contributed by atoms with E-state index >= 15 is 0 Å². The zero-order chi connectivity index (χ0) is 13.1. The lowest BCUT2D eigenvalue weighted by atomic mass is 10.2. The van der Waals surface area contributed by atoms with E-state index in [1.54, 1.807) is 6.20 Å². The molecule has 100 valence electrons. The van der Waals surface area contributed by atoms with Gasteiger partial charge in [0, 0.05) is 42.7 Å². The molecule has 0 spiro atoms. The van der Waals surface area contributed by atoms with Crippen molar-refractivity contribution in [2.45, 2.75) is 19.4 Å². The summed E-state index contributed by atoms with van der Waals surface area (Å²) < 4.78 is 5.46. The minimum Gasteiger partial charge on any atom is -0.379 e. The Balaban J connectivity index is 1.77. The van der Waals surface area contributed by atoms with E-state index in [1.807, 2.05) is 25.3 Å². The molecule has 1 aliphatic heterocycles. The summed E-state index contributed by atoms with van der Waals surface area (Å²) in [6.45, 7) is 4.51. The molecule has 0 amide bonds. The van der Waals surface area contributed by atoms with Gasteiger partial charge < -0.3 is 15.0 Å². The highest BCUT2D eigenvalue weighted by Gasteiger charge is 2.16.